The van der Waals surface area contributed by atoms with Crippen LogP contribution in [-0.4, -0.2) is 60.0 Å². The summed E-state index contributed by atoms with van der Waals surface area (Å²) in [6.45, 7) is 11.6. The van der Waals surface area contributed by atoms with Crippen LogP contribution in [0.15, 0.2) is 84.4 Å². The molecule has 4 rings (SSSR count). The van der Waals surface area contributed by atoms with Crippen LogP contribution in [0.4, 0.5) is 0 Å². The summed E-state index contributed by atoms with van der Waals surface area (Å²) < 4.78 is 29.3. The lowest BCUT2D eigenvalue weighted by molar-refractivity contribution is -0.148. The van der Waals surface area contributed by atoms with Gasteiger partial charge >= 0.3 is 23.9 Å². The van der Waals surface area contributed by atoms with Crippen molar-refractivity contribution >= 4 is 23.9 Å². The molecule has 0 N–H and O–H groups in total. The van der Waals surface area contributed by atoms with E-state index in [0.717, 1.165) is 22.8 Å². The van der Waals surface area contributed by atoms with Crippen LogP contribution < -0.4 is 0 Å². The van der Waals surface area contributed by atoms with E-state index in [9.17, 15) is 24.4 Å². The second-order valence-electron chi connectivity index (χ2n) is 12.9. The van der Waals surface area contributed by atoms with Crippen LogP contribution in [0.2, 0.25) is 0 Å². The summed E-state index contributed by atoms with van der Waals surface area (Å²) >= 11 is 0. The third-order valence-corrected chi connectivity index (χ3v) is 7.61. The van der Waals surface area contributed by atoms with E-state index in [4.69, 9.17) is 23.7 Å². The van der Waals surface area contributed by atoms with Crippen molar-refractivity contribution in [1.29, 1.82) is 5.26 Å². The van der Waals surface area contributed by atoms with E-state index in [1.807, 2.05) is 26.8 Å². The first kappa shape index (κ1) is 35.6. The molecule has 3 aromatic rings. The van der Waals surface area contributed by atoms with Gasteiger partial charge in [-0.05, 0) is 84.9 Å². The molecule has 0 saturated carbocycles. The number of carbonyl (C=O) groups is 4. The molecule has 1 heterocycles. The van der Waals surface area contributed by atoms with Crippen LogP contribution in [0.25, 0.3) is 0 Å². The molecule has 0 aromatic heterocycles. The number of esters is 4. The molecule has 0 radical (unpaired) electrons. The molecule has 0 spiro atoms. The van der Waals surface area contributed by atoms with Crippen LogP contribution in [-0.2, 0) is 28.5 Å². The lowest BCUT2D eigenvalue weighted by Crippen LogP contribution is -2.52. The van der Waals surface area contributed by atoms with Gasteiger partial charge in [-0.25, -0.2) is 19.2 Å². The topological polar surface area (TPSA) is 138 Å². The smallest absolute Gasteiger partial charge is 0.338 e. The molecular formula is C38H39NO9. The summed E-state index contributed by atoms with van der Waals surface area (Å²) in [5.74, 6) is -3.08. The summed E-state index contributed by atoms with van der Waals surface area (Å²) in [6, 6.07) is 21.9. The van der Waals surface area contributed by atoms with E-state index in [2.05, 4.69) is 0 Å². The molecule has 48 heavy (non-hydrogen) atoms. The number of benzene rings is 3. The van der Waals surface area contributed by atoms with Gasteiger partial charge in [0.1, 0.15) is 24.4 Å². The SMILES string of the molecule is Cc1ccc(C(=O)OCC2OC(/C(C#N)=C/C(=O)OC(C)(C)C)[C@](C)(OC(=O)c3ccc(C)cc3)[C@@H]2OC(=O)c2ccc(C)cc2)cc1. The minimum absolute atomic E-state index is 0.188. The van der Waals surface area contributed by atoms with E-state index in [1.165, 1.54) is 6.92 Å². The number of hydrogen-bond acceptors (Lipinski definition) is 10. The maximum atomic E-state index is 13.6. The number of nitriles is 1. The molecule has 0 aliphatic carbocycles. The van der Waals surface area contributed by atoms with Gasteiger partial charge in [-0.2, -0.15) is 5.26 Å². The number of rotatable bonds is 9. The molecule has 0 bridgehead atoms. The van der Waals surface area contributed by atoms with Gasteiger partial charge in [0.2, 0.25) is 0 Å². The predicted octanol–water partition coefficient (Wildman–Crippen LogP) is 6.17. The van der Waals surface area contributed by atoms with Crippen molar-refractivity contribution < 1.29 is 42.9 Å². The molecule has 10 nitrogen and oxygen atoms in total. The number of hydrogen-bond donors (Lipinski definition) is 0. The Kier molecular flexibility index (Phi) is 10.9. The van der Waals surface area contributed by atoms with Crippen LogP contribution in [0.1, 0.15) is 75.5 Å². The molecule has 4 atom stereocenters. The maximum absolute atomic E-state index is 13.6. The molecule has 1 saturated heterocycles. The number of carbonyl (C=O) groups excluding carboxylic acids is 4. The number of nitrogens with zero attached hydrogens (tertiary/aromatic N) is 1. The van der Waals surface area contributed by atoms with Crippen LogP contribution in [0.3, 0.4) is 0 Å². The summed E-state index contributed by atoms with van der Waals surface area (Å²) in [5, 5.41) is 10.3. The maximum Gasteiger partial charge on any atom is 0.338 e. The lowest BCUT2D eigenvalue weighted by Gasteiger charge is -2.34. The van der Waals surface area contributed by atoms with Crippen molar-refractivity contribution in [2.24, 2.45) is 0 Å². The zero-order chi connectivity index (χ0) is 35.2. The Morgan fingerprint density at radius 2 is 1.25 bits per heavy atom. The molecule has 10 heteroatoms. The molecule has 2 unspecified atom stereocenters. The van der Waals surface area contributed by atoms with Gasteiger partial charge in [-0.1, -0.05) is 53.1 Å². The molecule has 1 aliphatic heterocycles. The Morgan fingerprint density at radius 1 is 0.792 bits per heavy atom. The van der Waals surface area contributed by atoms with Crippen molar-refractivity contribution in [3.8, 4) is 6.07 Å². The predicted molar refractivity (Wildman–Crippen MR) is 175 cm³/mol. The van der Waals surface area contributed by atoms with Crippen molar-refractivity contribution in [2.45, 2.75) is 78.0 Å². The minimum Gasteiger partial charge on any atom is -0.459 e. The Hall–Kier alpha value is -5.27. The first-order valence-corrected chi connectivity index (χ1v) is 15.4. The molecule has 250 valence electrons. The van der Waals surface area contributed by atoms with Crippen molar-refractivity contribution in [2.75, 3.05) is 6.61 Å². The lowest BCUT2D eigenvalue weighted by atomic mass is 9.87. The Bertz CT molecular complexity index is 1730. The minimum atomic E-state index is -1.90. The van der Waals surface area contributed by atoms with Gasteiger partial charge in [-0.3, -0.25) is 0 Å². The first-order valence-electron chi connectivity index (χ1n) is 15.4. The Morgan fingerprint density at radius 3 is 1.71 bits per heavy atom. The van der Waals surface area contributed by atoms with Gasteiger partial charge in [0.05, 0.1) is 28.3 Å². The standard InChI is InChI=1S/C38H39NO9/c1-23-8-14-26(15-9-23)34(41)44-22-30-33(46-35(42)27-16-10-24(2)11-17-27)38(7,48-36(43)28-18-12-25(3)13-19-28)32(45-30)29(21-39)20-31(40)47-37(4,5)6/h8-20,30,32-33H,22H2,1-7H3/b29-20+/t30?,32?,33-,38+/m1/s1. The highest BCUT2D eigenvalue weighted by molar-refractivity contribution is 5.91. The van der Waals surface area contributed by atoms with Gasteiger partial charge in [0.25, 0.3) is 0 Å². The zero-order valence-corrected chi connectivity index (χ0v) is 28.1. The van der Waals surface area contributed by atoms with E-state index in [-0.39, 0.29) is 22.3 Å². The fourth-order valence-corrected chi connectivity index (χ4v) is 5.09. The van der Waals surface area contributed by atoms with Gasteiger partial charge in [-0.15, -0.1) is 0 Å². The summed E-state index contributed by atoms with van der Waals surface area (Å²) in [5.41, 5.74) is 0.420. The van der Waals surface area contributed by atoms with E-state index in [0.29, 0.717) is 0 Å². The summed E-state index contributed by atoms with van der Waals surface area (Å²) in [4.78, 5) is 53.0. The fourth-order valence-electron chi connectivity index (χ4n) is 5.09. The average molecular weight is 654 g/mol. The number of aryl methyl sites for hydroxylation is 3. The second kappa shape index (κ2) is 14.7. The second-order valence-corrected chi connectivity index (χ2v) is 12.9. The normalized spacial score (nSPS) is 20.7. The van der Waals surface area contributed by atoms with Crippen molar-refractivity contribution in [1.82, 2.24) is 0 Å². The Labute approximate surface area is 280 Å². The molecule has 1 fully saturated rings. The van der Waals surface area contributed by atoms with Gasteiger partial charge < -0.3 is 23.7 Å². The summed E-state index contributed by atoms with van der Waals surface area (Å²) in [6.07, 6.45) is -3.13. The Balaban J connectivity index is 1.77. The average Bonchev–Trinajstić information content (AvgIpc) is 3.28. The number of ether oxygens (including phenoxy) is 5. The largest absolute Gasteiger partial charge is 0.459 e. The molecule has 0 amide bonds. The van der Waals surface area contributed by atoms with Gasteiger partial charge in [0, 0.05) is 6.08 Å². The van der Waals surface area contributed by atoms with Crippen LogP contribution in [0.5, 0.6) is 0 Å². The fraction of sp³-hybridized carbons (Fsp3) is 0.342. The first-order chi connectivity index (χ1) is 22.6. The highest BCUT2D eigenvalue weighted by Crippen LogP contribution is 2.41. The molecular weight excluding hydrogens is 614 g/mol. The van der Waals surface area contributed by atoms with Gasteiger partial charge in [0.15, 0.2) is 11.7 Å². The van der Waals surface area contributed by atoms with Crippen molar-refractivity contribution in [3.05, 3.63) is 118 Å². The third-order valence-electron chi connectivity index (χ3n) is 7.61. The summed E-state index contributed by atoms with van der Waals surface area (Å²) in [7, 11) is 0. The van der Waals surface area contributed by atoms with E-state index >= 15 is 0 Å². The third kappa shape index (κ3) is 8.75. The van der Waals surface area contributed by atoms with E-state index < -0.39 is 60.0 Å². The van der Waals surface area contributed by atoms with Crippen molar-refractivity contribution in [3.63, 3.8) is 0 Å². The van der Waals surface area contributed by atoms with E-state index in [1.54, 1.807) is 93.6 Å². The zero-order valence-electron chi connectivity index (χ0n) is 28.1. The van der Waals surface area contributed by atoms with Crippen LogP contribution in [0, 0.1) is 32.1 Å². The van der Waals surface area contributed by atoms with Crippen LogP contribution >= 0.6 is 0 Å². The monoisotopic (exact) mass is 653 g/mol. The highest BCUT2D eigenvalue weighted by Gasteiger charge is 2.61. The quantitative estimate of drug-likeness (QED) is 0.114. The highest BCUT2D eigenvalue weighted by atomic mass is 16.7. The molecule has 3 aromatic carbocycles. The molecule has 1 aliphatic rings.